The second-order valence-electron chi connectivity index (χ2n) is 2.75. The minimum Gasteiger partial charge on any atom is -0.458 e. The van der Waals surface area contributed by atoms with Crippen molar-refractivity contribution in [3.05, 3.63) is 12.2 Å². The van der Waals surface area contributed by atoms with Gasteiger partial charge in [0.05, 0.1) is 12.5 Å². The van der Waals surface area contributed by atoms with Crippen LogP contribution in [0.2, 0.25) is 0 Å². The van der Waals surface area contributed by atoms with Crippen molar-refractivity contribution >= 4 is 5.97 Å². The molecule has 1 aliphatic heterocycles. The lowest BCUT2D eigenvalue weighted by Gasteiger charge is -2.18. The van der Waals surface area contributed by atoms with Crippen molar-refractivity contribution < 1.29 is 14.6 Å². The summed E-state index contributed by atoms with van der Waals surface area (Å²) >= 11 is 0. The highest BCUT2D eigenvalue weighted by Crippen LogP contribution is 2.11. The van der Waals surface area contributed by atoms with Crippen LogP contribution < -0.4 is 0 Å². The Bertz CT molecular complexity index is 172. The second kappa shape index (κ2) is 3.53. The van der Waals surface area contributed by atoms with Gasteiger partial charge in [0.2, 0.25) is 0 Å². The summed E-state index contributed by atoms with van der Waals surface area (Å²) in [5, 5.41) is 8.97. The summed E-state index contributed by atoms with van der Waals surface area (Å²) in [7, 11) is 0. The summed E-state index contributed by atoms with van der Waals surface area (Å²) in [5.41, 5.74) is 0. The molecule has 0 fully saturated rings. The molecule has 0 aliphatic carbocycles. The fraction of sp³-hybridized carbons (Fsp3) is 0.625. The van der Waals surface area contributed by atoms with Crippen LogP contribution in [-0.2, 0) is 9.53 Å². The van der Waals surface area contributed by atoms with Crippen molar-refractivity contribution in [2.24, 2.45) is 0 Å². The summed E-state index contributed by atoms with van der Waals surface area (Å²) < 4.78 is 4.91. The van der Waals surface area contributed by atoms with Crippen LogP contribution in [0.5, 0.6) is 0 Å². The van der Waals surface area contributed by atoms with Gasteiger partial charge in [-0.25, -0.2) is 0 Å². The third kappa shape index (κ3) is 2.72. The van der Waals surface area contributed by atoms with E-state index in [4.69, 9.17) is 9.84 Å². The van der Waals surface area contributed by atoms with E-state index in [9.17, 15) is 4.79 Å². The average molecular weight is 156 g/mol. The molecule has 1 aliphatic rings. The van der Waals surface area contributed by atoms with E-state index in [1.54, 1.807) is 13.0 Å². The first-order chi connectivity index (χ1) is 5.18. The second-order valence-corrected chi connectivity index (χ2v) is 2.75. The number of hydrogen-bond acceptors (Lipinski definition) is 3. The molecule has 0 aromatic heterocycles. The number of aliphatic hydroxyl groups is 1. The number of aliphatic hydroxyl groups excluding tert-OH is 1. The molecule has 3 heteroatoms. The predicted molar refractivity (Wildman–Crippen MR) is 39.9 cm³/mol. The summed E-state index contributed by atoms with van der Waals surface area (Å²) in [6.45, 7) is 1.68. The Morgan fingerprint density at radius 1 is 1.91 bits per heavy atom. The Labute approximate surface area is 65.7 Å². The molecule has 62 valence electrons. The minimum absolute atomic E-state index is 0.210. The first-order valence-electron chi connectivity index (χ1n) is 3.72. The first kappa shape index (κ1) is 8.27. The van der Waals surface area contributed by atoms with Crippen molar-refractivity contribution in [2.75, 3.05) is 0 Å². The predicted octanol–water partition coefficient (Wildman–Crippen LogP) is 0.629. The molecule has 3 nitrogen and oxygen atoms in total. The molecule has 11 heavy (non-hydrogen) atoms. The largest absolute Gasteiger partial charge is 0.458 e. The van der Waals surface area contributed by atoms with E-state index < -0.39 is 6.10 Å². The van der Waals surface area contributed by atoms with E-state index in [0.29, 0.717) is 12.8 Å². The van der Waals surface area contributed by atoms with E-state index >= 15 is 0 Å². The van der Waals surface area contributed by atoms with Crippen molar-refractivity contribution in [2.45, 2.75) is 32.0 Å². The smallest absolute Gasteiger partial charge is 0.310 e. The van der Waals surface area contributed by atoms with E-state index in [1.807, 2.05) is 6.08 Å². The van der Waals surface area contributed by atoms with Crippen molar-refractivity contribution in [1.29, 1.82) is 0 Å². The van der Waals surface area contributed by atoms with Gasteiger partial charge in [-0.15, -0.1) is 0 Å². The van der Waals surface area contributed by atoms with Gasteiger partial charge >= 0.3 is 5.97 Å². The van der Waals surface area contributed by atoms with Gasteiger partial charge in [-0.3, -0.25) is 4.79 Å². The van der Waals surface area contributed by atoms with Gasteiger partial charge in [-0.2, -0.15) is 0 Å². The fourth-order valence-electron chi connectivity index (χ4n) is 1.04. The zero-order valence-electron chi connectivity index (χ0n) is 6.49. The number of rotatable bonds is 2. The molecule has 1 rings (SSSR count). The van der Waals surface area contributed by atoms with Crippen LogP contribution in [0.3, 0.4) is 0 Å². The monoisotopic (exact) mass is 156 g/mol. The van der Waals surface area contributed by atoms with Crippen LogP contribution in [0, 0.1) is 0 Å². The third-order valence-electron chi connectivity index (χ3n) is 1.49. The molecule has 2 atom stereocenters. The number of hydrogen-bond donors (Lipinski definition) is 1. The van der Waals surface area contributed by atoms with E-state index in [2.05, 4.69) is 0 Å². The van der Waals surface area contributed by atoms with Crippen LogP contribution in [-0.4, -0.2) is 23.3 Å². The normalized spacial score (nSPS) is 26.4. The number of esters is 1. The van der Waals surface area contributed by atoms with Gasteiger partial charge in [0.1, 0.15) is 6.10 Å². The molecule has 0 aromatic rings. The van der Waals surface area contributed by atoms with Gasteiger partial charge in [0, 0.05) is 6.42 Å². The van der Waals surface area contributed by atoms with Gasteiger partial charge in [-0.05, 0) is 13.0 Å². The number of carbonyl (C=O) groups excluding carboxylic acids is 1. The Kier molecular flexibility index (Phi) is 2.65. The first-order valence-corrected chi connectivity index (χ1v) is 3.72. The van der Waals surface area contributed by atoms with Crippen LogP contribution in [0.1, 0.15) is 19.8 Å². The summed E-state index contributed by atoms with van der Waals surface area (Å²) in [4.78, 5) is 10.7. The standard InChI is InChI=1S/C8H12O3/c1-6(9)5-7-3-2-4-8(10)11-7/h2-3,6-7,9H,4-5H2,1H3/t6-,7+/m1/s1. The summed E-state index contributed by atoms with van der Waals surface area (Å²) in [6, 6.07) is 0. The molecule has 0 saturated heterocycles. The minimum atomic E-state index is -0.421. The summed E-state index contributed by atoms with van der Waals surface area (Å²) in [6.07, 6.45) is 3.79. The fourth-order valence-corrected chi connectivity index (χ4v) is 1.04. The maximum absolute atomic E-state index is 10.7. The number of cyclic esters (lactones) is 1. The molecule has 0 spiro atoms. The average Bonchev–Trinajstić information content (AvgIpc) is 1.85. The van der Waals surface area contributed by atoms with Crippen LogP contribution in [0.15, 0.2) is 12.2 Å². The third-order valence-corrected chi connectivity index (χ3v) is 1.49. The molecule has 0 saturated carbocycles. The molecule has 1 heterocycles. The lowest BCUT2D eigenvalue weighted by atomic mass is 10.1. The molecule has 0 unspecified atom stereocenters. The van der Waals surface area contributed by atoms with E-state index in [1.165, 1.54) is 0 Å². The lowest BCUT2D eigenvalue weighted by Crippen LogP contribution is -2.23. The van der Waals surface area contributed by atoms with Gasteiger partial charge < -0.3 is 9.84 Å². The van der Waals surface area contributed by atoms with Crippen molar-refractivity contribution in [1.82, 2.24) is 0 Å². The SMILES string of the molecule is C[C@@H](O)C[C@@H]1C=CCC(=O)O1. The van der Waals surface area contributed by atoms with E-state index in [0.717, 1.165) is 0 Å². The van der Waals surface area contributed by atoms with Gasteiger partial charge in [0.25, 0.3) is 0 Å². The molecular formula is C8H12O3. The molecule has 1 N–H and O–H groups in total. The maximum atomic E-state index is 10.7. The number of ether oxygens (including phenoxy) is 1. The van der Waals surface area contributed by atoms with Crippen LogP contribution >= 0.6 is 0 Å². The van der Waals surface area contributed by atoms with Crippen molar-refractivity contribution in [3.63, 3.8) is 0 Å². The van der Waals surface area contributed by atoms with Gasteiger partial charge in [-0.1, -0.05) is 6.08 Å². The lowest BCUT2D eigenvalue weighted by molar-refractivity contribution is -0.147. The maximum Gasteiger partial charge on any atom is 0.310 e. The Morgan fingerprint density at radius 3 is 3.18 bits per heavy atom. The molecule has 0 radical (unpaired) electrons. The van der Waals surface area contributed by atoms with Gasteiger partial charge in [0.15, 0.2) is 0 Å². The number of carbonyl (C=O) groups is 1. The summed E-state index contributed by atoms with van der Waals surface area (Å²) in [5.74, 6) is -0.210. The van der Waals surface area contributed by atoms with Crippen molar-refractivity contribution in [3.8, 4) is 0 Å². The Morgan fingerprint density at radius 2 is 2.64 bits per heavy atom. The topological polar surface area (TPSA) is 46.5 Å². The zero-order valence-corrected chi connectivity index (χ0v) is 6.49. The highest BCUT2D eigenvalue weighted by atomic mass is 16.5. The Hall–Kier alpha value is -0.830. The quantitative estimate of drug-likeness (QED) is 0.471. The van der Waals surface area contributed by atoms with E-state index in [-0.39, 0.29) is 12.1 Å². The Balaban J connectivity index is 2.40. The highest BCUT2D eigenvalue weighted by Gasteiger charge is 2.16. The zero-order chi connectivity index (χ0) is 8.27. The van der Waals surface area contributed by atoms with Crippen LogP contribution in [0.4, 0.5) is 0 Å². The molecule has 0 aromatic carbocycles. The van der Waals surface area contributed by atoms with Crippen LogP contribution in [0.25, 0.3) is 0 Å². The highest BCUT2D eigenvalue weighted by molar-refractivity contribution is 5.72. The molecular weight excluding hydrogens is 144 g/mol. The molecule has 0 bridgehead atoms. The molecule has 0 amide bonds.